The molecular formula is C17H30IN3O. The number of aliphatic imine (C=N–C) groups is 1. The van der Waals surface area contributed by atoms with Gasteiger partial charge >= 0.3 is 0 Å². The summed E-state index contributed by atoms with van der Waals surface area (Å²) in [6.45, 7) is 6.74. The Hall–Kier alpha value is -0.980. The number of ether oxygens (including phenoxy) is 1. The van der Waals surface area contributed by atoms with E-state index in [-0.39, 0.29) is 24.0 Å². The summed E-state index contributed by atoms with van der Waals surface area (Å²) >= 11 is 0. The van der Waals surface area contributed by atoms with Crippen LogP contribution in [0.3, 0.4) is 0 Å². The minimum atomic E-state index is 0. The molecule has 0 radical (unpaired) electrons. The van der Waals surface area contributed by atoms with Crippen molar-refractivity contribution in [2.45, 2.75) is 39.5 Å². The van der Waals surface area contributed by atoms with E-state index >= 15 is 0 Å². The molecule has 0 heterocycles. The van der Waals surface area contributed by atoms with E-state index < -0.39 is 0 Å². The van der Waals surface area contributed by atoms with Gasteiger partial charge in [-0.3, -0.25) is 4.99 Å². The molecule has 0 fully saturated rings. The average Bonchev–Trinajstić information content (AvgIpc) is 2.51. The number of nitrogens with zero attached hydrogens (tertiary/aromatic N) is 1. The second-order valence-electron chi connectivity index (χ2n) is 4.92. The summed E-state index contributed by atoms with van der Waals surface area (Å²) < 4.78 is 5.64. The fraction of sp³-hybridized carbons (Fsp3) is 0.588. The Morgan fingerprint density at radius 2 is 1.82 bits per heavy atom. The number of benzene rings is 1. The van der Waals surface area contributed by atoms with Crippen LogP contribution in [0.15, 0.2) is 29.3 Å². The third-order valence-electron chi connectivity index (χ3n) is 3.26. The van der Waals surface area contributed by atoms with Crippen molar-refractivity contribution in [3.8, 4) is 5.75 Å². The molecule has 4 nitrogen and oxygen atoms in total. The second-order valence-corrected chi connectivity index (χ2v) is 4.92. The molecule has 5 heteroatoms. The molecule has 2 N–H and O–H groups in total. The van der Waals surface area contributed by atoms with Gasteiger partial charge in [0, 0.05) is 20.1 Å². The van der Waals surface area contributed by atoms with Gasteiger partial charge in [-0.25, -0.2) is 0 Å². The fourth-order valence-electron chi connectivity index (χ4n) is 2.12. The molecule has 1 rings (SSSR count). The number of hydrogen-bond acceptors (Lipinski definition) is 2. The van der Waals surface area contributed by atoms with Gasteiger partial charge in [0.05, 0.1) is 6.61 Å². The van der Waals surface area contributed by atoms with Crippen LogP contribution in [-0.2, 0) is 6.42 Å². The van der Waals surface area contributed by atoms with Gasteiger partial charge in [0.15, 0.2) is 5.96 Å². The molecule has 22 heavy (non-hydrogen) atoms. The lowest BCUT2D eigenvalue weighted by Crippen LogP contribution is -2.38. The molecule has 0 aliphatic carbocycles. The lowest BCUT2D eigenvalue weighted by atomic mass is 10.1. The van der Waals surface area contributed by atoms with E-state index in [9.17, 15) is 0 Å². The Morgan fingerprint density at radius 3 is 2.50 bits per heavy atom. The van der Waals surface area contributed by atoms with Gasteiger partial charge in [-0.15, -0.1) is 24.0 Å². The molecule has 0 unspecified atom stereocenters. The minimum absolute atomic E-state index is 0. The zero-order chi connectivity index (χ0) is 15.3. The van der Waals surface area contributed by atoms with Crippen LogP contribution in [0, 0.1) is 0 Å². The first-order valence-electron chi connectivity index (χ1n) is 7.97. The number of para-hydroxylation sites is 1. The van der Waals surface area contributed by atoms with Gasteiger partial charge in [-0.2, -0.15) is 0 Å². The number of halogens is 1. The molecule has 0 aromatic heterocycles. The van der Waals surface area contributed by atoms with Crippen LogP contribution in [0.2, 0.25) is 0 Å². The molecule has 0 spiro atoms. The molecule has 0 amide bonds. The molecule has 1 aromatic rings. The summed E-state index contributed by atoms with van der Waals surface area (Å²) in [6, 6.07) is 8.20. The maximum absolute atomic E-state index is 5.64. The monoisotopic (exact) mass is 419 g/mol. The third kappa shape index (κ3) is 8.46. The quantitative estimate of drug-likeness (QED) is 0.278. The van der Waals surface area contributed by atoms with Gasteiger partial charge in [-0.05, 0) is 31.4 Å². The lowest BCUT2D eigenvalue weighted by molar-refractivity contribution is 0.336. The Morgan fingerprint density at radius 1 is 1.09 bits per heavy atom. The van der Waals surface area contributed by atoms with E-state index in [1.54, 1.807) is 0 Å². The predicted octanol–water partition coefficient (Wildman–Crippen LogP) is 3.60. The van der Waals surface area contributed by atoms with Crippen molar-refractivity contribution in [3.63, 3.8) is 0 Å². The average molecular weight is 419 g/mol. The summed E-state index contributed by atoms with van der Waals surface area (Å²) in [5, 5.41) is 6.69. The van der Waals surface area contributed by atoms with Gasteiger partial charge in [-0.1, -0.05) is 38.0 Å². The molecule has 0 saturated heterocycles. The van der Waals surface area contributed by atoms with E-state index in [4.69, 9.17) is 4.74 Å². The van der Waals surface area contributed by atoms with Crippen molar-refractivity contribution in [2.24, 2.45) is 4.99 Å². The van der Waals surface area contributed by atoms with Crippen LogP contribution in [0.1, 0.15) is 38.7 Å². The minimum Gasteiger partial charge on any atom is -0.494 e. The molecule has 0 bridgehead atoms. The van der Waals surface area contributed by atoms with E-state index in [0.29, 0.717) is 6.61 Å². The van der Waals surface area contributed by atoms with Crippen molar-refractivity contribution >= 4 is 29.9 Å². The summed E-state index contributed by atoms with van der Waals surface area (Å²) in [7, 11) is 1.81. The highest BCUT2D eigenvalue weighted by atomic mass is 127. The van der Waals surface area contributed by atoms with Crippen LogP contribution in [0.4, 0.5) is 0 Å². The van der Waals surface area contributed by atoms with Gasteiger partial charge < -0.3 is 15.4 Å². The second kappa shape index (κ2) is 13.7. The number of hydrogen-bond donors (Lipinski definition) is 2. The van der Waals surface area contributed by atoms with E-state index in [1.165, 1.54) is 24.8 Å². The van der Waals surface area contributed by atoms with Crippen LogP contribution in [0.25, 0.3) is 0 Å². The normalized spacial score (nSPS) is 10.8. The fourth-order valence-corrected chi connectivity index (χ4v) is 2.12. The highest BCUT2D eigenvalue weighted by molar-refractivity contribution is 14.0. The maximum Gasteiger partial charge on any atom is 0.190 e. The third-order valence-corrected chi connectivity index (χ3v) is 3.26. The molecule has 0 atom stereocenters. The first kappa shape index (κ1) is 21.0. The highest BCUT2D eigenvalue weighted by Crippen LogP contribution is 2.17. The summed E-state index contributed by atoms with van der Waals surface area (Å²) in [5.41, 5.74) is 1.23. The van der Waals surface area contributed by atoms with E-state index in [1.807, 2.05) is 26.1 Å². The number of rotatable bonds is 9. The van der Waals surface area contributed by atoms with Crippen molar-refractivity contribution in [2.75, 3.05) is 26.7 Å². The zero-order valence-electron chi connectivity index (χ0n) is 14.0. The molecule has 0 aliphatic rings. The zero-order valence-corrected chi connectivity index (χ0v) is 16.4. The number of unbranched alkanes of at least 4 members (excludes halogenated alkanes) is 2. The van der Waals surface area contributed by atoms with Crippen LogP contribution >= 0.6 is 24.0 Å². The largest absolute Gasteiger partial charge is 0.494 e. The molecule has 0 saturated carbocycles. The predicted molar refractivity (Wildman–Crippen MR) is 106 cm³/mol. The Bertz CT molecular complexity index is 424. The summed E-state index contributed by atoms with van der Waals surface area (Å²) in [5.74, 6) is 1.85. The van der Waals surface area contributed by atoms with Crippen molar-refractivity contribution < 1.29 is 4.74 Å². The van der Waals surface area contributed by atoms with Crippen LogP contribution in [0.5, 0.6) is 5.75 Å². The SMILES string of the molecule is CCCCCNC(=NC)NCCc1ccccc1OCC.I. The molecule has 0 aliphatic heterocycles. The first-order chi connectivity index (χ1) is 10.3. The first-order valence-corrected chi connectivity index (χ1v) is 7.97. The summed E-state index contributed by atoms with van der Waals surface area (Å²) in [6.07, 6.45) is 4.60. The Kier molecular flexibility index (Phi) is 13.1. The van der Waals surface area contributed by atoms with E-state index in [2.05, 4.69) is 34.7 Å². The Balaban J connectivity index is 0.00000441. The van der Waals surface area contributed by atoms with Crippen molar-refractivity contribution in [3.05, 3.63) is 29.8 Å². The standard InChI is InChI=1S/C17H29N3O.HI/c1-4-6-9-13-19-17(18-3)20-14-12-15-10-7-8-11-16(15)21-5-2;/h7-8,10-11H,4-6,9,12-14H2,1-3H3,(H2,18,19,20);1H. The van der Waals surface area contributed by atoms with Crippen LogP contribution in [-0.4, -0.2) is 32.7 Å². The maximum atomic E-state index is 5.64. The smallest absolute Gasteiger partial charge is 0.190 e. The lowest BCUT2D eigenvalue weighted by Gasteiger charge is -2.13. The van der Waals surface area contributed by atoms with Gasteiger partial charge in [0.1, 0.15) is 5.75 Å². The van der Waals surface area contributed by atoms with Gasteiger partial charge in [0.25, 0.3) is 0 Å². The van der Waals surface area contributed by atoms with Crippen LogP contribution < -0.4 is 15.4 Å². The Labute approximate surface area is 152 Å². The topological polar surface area (TPSA) is 45.7 Å². The molecule has 126 valence electrons. The number of nitrogens with one attached hydrogen (secondary N) is 2. The molecular weight excluding hydrogens is 389 g/mol. The van der Waals surface area contributed by atoms with Gasteiger partial charge in [0.2, 0.25) is 0 Å². The summed E-state index contributed by atoms with van der Waals surface area (Å²) in [4.78, 5) is 4.24. The van der Waals surface area contributed by atoms with Crippen molar-refractivity contribution in [1.82, 2.24) is 10.6 Å². The van der Waals surface area contributed by atoms with Crippen molar-refractivity contribution in [1.29, 1.82) is 0 Å². The van der Waals surface area contributed by atoms with E-state index in [0.717, 1.165) is 31.2 Å². The number of guanidine groups is 1. The highest BCUT2D eigenvalue weighted by Gasteiger charge is 2.03. The molecule has 1 aromatic carbocycles.